The van der Waals surface area contributed by atoms with Gasteiger partial charge in [-0.25, -0.2) is 17.7 Å². The predicted octanol–water partition coefficient (Wildman–Crippen LogP) is 3.95. The van der Waals surface area contributed by atoms with E-state index in [9.17, 15) is 13.2 Å². The first kappa shape index (κ1) is 22.5. The lowest BCUT2D eigenvalue weighted by Gasteiger charge is -2.11. The van der Waals surface area contributed by atoms with Crippen LogP contribution in [0.5, 0.6) is 0 Å². The minimum absolute atomic E-state index is 0.0917. The van der Waals surface area contributed by atoms with E-state index < -0.39 is 10.0 Å². The Morgan fingerprint density at radius 1 is 1.20 bits per heavy atom. The van der Waals surface area contributed by atoms with Crippen LogP contribution in [0.3, 0.4) is 0 Å². The molecule has 1 heterocycles. The van der Waals surface area contributed by atoms with Gasteiger partial charge in [0.05, 0.1) is 15.9 Å². The second kappa shape index (κ2) is 8.87. The van der Waals surface area contributed by atoms with Gasteiger partial charge in [-0.3, -0.25) is 4.79 Å². The van der Waals surface area contributed by atoms with E-state index in [0.29, 0.717) is 18.5 Å². The van der Waals surface area contributed by atoms with Crippen LogP contribution in [0.15, 0.2) is 45.8 Å². The Labute approximate surface area is 185 Å². The Morgan fingerprint density at radius 2 is 1.93 bits per heavy atom. The summed E-state index contributed by atoms with van der Waals surface area (Å²) in [6.07, 6.45) is 0.737. The van der Waals surface area contributed by atoms with Crippen LogP contribution in [0, 0.1) is 6.92 Å². The third kappa shape index (κ3) is 4.58. The molecule has 0 bridgehead atoms. The molecule has 30 heavy (non-hydrogen) atoms. The van der Waals surface area contributed by atoms with Crippen LogP contribution >= 0.6 is 15.9 Å². The van der Waals surface area contributed by atoms with E-state index in [1.54, 1.807) is 18.2 Å². The van der Waals surface area contributed by atoms with Crippen LogP contribution in [0.1, 0.15) is 24.7 Å². The largest absolute Gasteiger partial charge is 0.328 e. The average molecular weight is 493 g/mol. The van der Waals surface area contributed by atoms with Crippen molar-refractivity contribution in [3.8, 4) is 0 Å². The monoisotopic (exact) mass is 492 g/mol. The van der Waals surface area contributed by atoms with Crippen LogP contribution in [-0.4, -0.2) is 42.3 Å². The molecule has 0 fully saturated rings. The number of fused-ring (bicyclic) bond motifs is 1. The van der Waals surface area contributed by atoms with Crippen LogP contribution in [-0.2, 0) is 27.8 Å². The molecule has 0 radical (unpaired) electrons. The molecular weight excluding hydrogens is 468 g/mol. The third-order valence-electron chi connectivity index (χ3n) is 4.93. The quantitative estimate of drug-likeness (QED) is 0.540. The second-order valence-electron chi connectivity index (χ2n) is 7.22. The summed E-state index contributed by atoms with van der Waals surface area (Å²) in [5, 5.41) is 2.94. The number of aromatic nitrogens is 2. The van der Waals surface area contributed by atoms with Gasteiger partial charge in [-0.15, -0.1) is 0 Å². The molecule has 0 saturated carbocycles. The molecule has 0 atom stereocenters. The van der Waals surface area contributed by atoms with Crippen molar-refractivity contribution in [1.29, 1.82) is 0 Å². The number of nitrogens with zero attached hydrogens (tertiary/aromatic N) is 3. The van der Waals surface area contributed by atoms with Crippen molar-refractivity contribution in [3.63, 3.8) is 0 Å². The fourth-order valence-electron chi connectivity index (χ4n) is 3.28. The number of carbonyl (C=O) groups excluding carboxylic acids is 1. The molecule has 3 rings (SSSR count). The lowest BCUT2D eigenvalue weighted by Crippen LogP contribution is -2.22. The van der Waals surface area contributed by atoms with Crippen molar-refractivity contribution in [2.45, 2.75) is 38.1 Å². The van der Waals surface area contributed by atoms with Gasteiger partial charge in [0, 0.05) is 43.6 Å². The van der Waals surface area contributed by atoms with Gasteiger partial charge in [0.2, 0.25) is 15.9 Å². The minimum atomic E-state index is -3.53. The van der Waals surface area contributed by atoms with Gasteiger partial charge in [0.25, 0.3) is 0 Å². The molecule has 9 heteroatoms. The number of nitrogens with one attached hydrogen (secondary N) is 1. The van der Waals surface area contributed by atoms with Crippen molar-refractivity contribution in [2.24, 2.45) is 0 Å². The van der Waals surface area contributed by atoms with Crippen molar-refractivity contribution >= 4 is 48.6 Å². The van der Waals surface area contributed by atoms with Gasteiger partial charge in [0.15, 0.2) is 0 Å². The first-order valence-corrected chi connectivity index (χ1v) is 11.8. The summed E-state index contributed by atoms with van der Waals surface area (Å²) in [4.78, 5) is 17.3. The topological polar surface area (TPSA) is 84.3 Å². The van der Waals surface area contributed by atoms with Crippen molar-refractivity contribution < 1.29 is 13.2 Å². The van der Waals surface area contributed by atoms with Crippen molar-refractivity contribution in [2.75, 3.05) is 19.4 Å². The summed E-state index contributed by atoms with van der Waals surface area (Å²) in [5.74, 6) is 0.667. The molecule has 0 aliphatic heterocycles. The number of anilines is 1. The Kier molecular flexibility index (Phi) is 6.64. The number of rotatable bonds is 7. The Bertz CT molecular complexity index is 1200. The average Bonchev–Trinajstić information content (AvgIpc) is 3.05. The standard InChI is InChI=1S/C21H25BrN4O3S/c1-5-26-19-9-7-16(30(28,29)25(3)4)13-18(19)23-20(26)10-11-21(27)24-17-8-6-15(22)12-14(17)2/h6-9,12-13H,5,10-11H2,1-4H3,(H,24,27). The van der Waals surface area contributed by atoms with Gasteiger partial charge in [-0.1, -0.05) is 15.9 Å². The number of carbonyl (C=O) groups is 1. The number of halogens is 1. The second-order valence-corrected chi connectivity index (χ2v) is 10.3. The lowest BCUT2D eigenvalue weighted by molar-refractivity contribution is -0.116. The van der Waals surface area contributed by atoms with E-state index in [4.69, 9.17) is 0 Å². The molecule has 3 aromatic rings. The van der Waals surface area contributed by atoms with E-state index in [1.807, 2.05) is 36.6 Å². The summed E-state index contributed by atoms with van der Waals surface area (Å²) in [5.41, 5.74) is 3.23. The number of benzene rings is 2. The molecule has 0 spiro atoms. The summed E-state index contributed by atoms with van der Waals surface area (Å²) in [7, 11) is -0.527. The zero-order valence-electron chi connectivity index (χ0n) is 17.4. The number of hydrogen-bond acceptors (Lipinski definition) is 4. The molecule has 0 unspecified atom stereocenters. The summed E-state index contributed by atoms with van der Waals surface area (Å²) in [6.45, 7) is 4.62. The summed E-state index contributed by atoms with van der Waals surface area (Å²) in [6, 6.07) is 10.7. The lowest BCUT2D eigenvalue weighted by atomic mass is 10.2. The third-order valence-corrected chi connectivity index (χ3v) is 7.24. The normalized spacial score (nSPS) is 11.9. The number of imidazole rings is 1. The Balaban J connectivity index is 1.81. The first-order chi connectivity index (χ1) is 14.1. The predicted molar refractivity (Wildman–Crippen MR) is 122 cm³/mol. The van der Waals surface area contributed by atoms with Gasteiger partial charge in [-0.2, -0.15) is 0 Å². The van der Waals surface area contributed by atoms with Crippen LogP contribution in [0.2, 0.25) is 0 Å². The van der Waals surface area contributed by atoms with Crippen LogP contribution in [0.4, 0.5) is 5.69 Å². The smallest absolute Gasteiger partial charge is 0.242 e. The van der Waals surface area contributed by atoms with E-state index in [0.717, 1.165) is 27.1 Å². The molecule has 1 amide bonds. The number of aryl methyl sites for hydroxylation is 3. The van der Waals surface area contributed by atoms with Crippen molar-refractivity contribution in [3.05, 3.63) is 52.3 Å². The number of amides is 1. The zero-order chi connectivity index (χ0) is 22.1. The van der Waals surface area contributed by atoms with Gasteiger partial charge in [-0.05, 0) is 55.8 Å². The van der Waals surface area contributed by atoms with E-state index in [2.05, 4.69) is 26.2 Å². The Morgan fingerprint density at radius 3 is 2.57 bits per heavy atom. The Hall–Kier alpha value is -2.23. The van der Waals surface area contributed by atoms with Gasteiger partial charge >= 0.3 is 0 Å². The SMILES string of the molecule is CCn1c(CCC(=O)Nc2ccc(Br)cc2C)nc2cc(S(=O)(=O)N(C)C)ccc21. The maximum absolute atomic E-state index is 12.5. The summed E-state index contributed by atoms with van der Waals surface area (Å²) >= 11 is 3.42. The fourth-order valence-corrected chi connectivity index (χ4v) is 4.68. The minimum Gasteiger partial charge on any atom is -0.328 e. The molecular formula is C21H25BrN4O3S. The maximum atomic E-state index is 12.5. The van der Waals surface area contributed by atoms with Crippen LogP contribution < -0.4 is 5.32 Å². The number of hydrogen-bond donors (Lipinski definition) is 1. The highest BCUT2D eigenvalue weighted by atomic mass is 79.9. The highest BCUT2D eigenvalue weighted by molar-refractivity contribution is 9.10. The molecule has 160 valence electrons. The number of sulfonamides is 1. The molecule has 0 saturated heterocycles. The summed E-state index contributed by atoms with van der Waals surface area (Å²) < 4.78 is 29.0. The highest BCUT2D eigenvalue weighted by Gasteiger charge is 2.19. The molecule has 2 aromatic carbocycles. The fraction of sp³-hybridized carbons (Fsp3) is 0.333. The molecule has 1 N–H and O–H groups in total. The maximum Gasteiger partial charge on any atom is 0.242 e. The molecule has 0 aliphatic carbocycles. The zero-order valence-corrected chi connectivity index (χ0v) is 19.8. The molecule has 1 aromatic heterocycles. The van der Waals surface area contributed by atoms with E-state index in [1.165, 1.54) is 18.4 Å². The highest BCUT2D eigenvalue weighted by Crippen LogP contribution is 2.23. The van der Waals surface area contributed by atoms with E-state index >= 15 is 0 Å². The molecule has 0 aliphatic rings. The van der Waals surface area contributed by atoms with Crippen molar-refractivity contribution in [1.82, 2.24) is 13.9 Å². The van der Waals surface area contributed by atoms with Crippen LogP contribution in [0.25, 0.3) is 11.0 Å². The van der Waals surface area contributed by atoms with Gasteiger partial charge < -0.3 is 9.88 Å². The van der Waals surface area contributed by atoms with Gasteiger partial charge in [0.1, 0.15) is 5.82 Å². The first-order valence-electron chi connectivity index (χ1n) is 9.61. The van der Waals surface area contributed by atoms with E-state index in [-0.39, 0.29) is 17.2 Å². The molecule has 7 nitrogen and oxygen atoms in total.